The molecule has 0 aliphatic rings. The van der Waals surface area contributed by atoms with Crippen molar-refractivity contribution >= 4 is 16.7 Å². The molecule has 0 saturated carbocycles. The molecule has 0 unspecified atom stereocenters. The van der Waals surface area contributed by atoms with Crippen molar-refractivity contribution in [1.82, 2.24) is 0 Å². The minimum Gasteiger partial charge on any atom is -0.379 e. The van der Waals surface area contributed by atoms with E-state index in [1.165, 1.54) is 22.3 Å². The summed E-state index contributed by atoms with van der Waals surface area (Å²) in [6.07, 6.45) is 9.92. The summed E-state index contributed by atoms with van der Waals surface area (Å²) in [4.78, 5) is 0. The molecule has 244 valence electrons. The van der Waals surface area contributed by atoms with E-state index in [9.17, 15) is 0 Å². The number of rotatable bonds is 9. The monoisotopic (exact) mass is 606 g/mol. The number of allylic oxidation sites excluding steroid dienone is 9. The van der Waals surface area contributed by atoms with Gasteiger partial charge in [-0.15, -0.1) is 0 Å². The van der Waals surface area contributed by atoms with Crippen LogP contribution in [0.15, 0.2) is 141 Å². The number of methoxy groups -OCH3 is 1. The quantitative estimate of drug-likeness (QED) is 0.220. The van der Waals surface area contributed by atoms with Crippen molar-refractivity contribution in [3.63, 3.8) is 0 Å². The largest absolute Gasteiger partial charge is 0.379 e. The molecule has 0 heterocycles. The SMILES string of the molecule is C=C(/C=C(\C=C(/C)c1ccc(C)cc1)c1ccccc1)c1ccccc1.C=C/C=C\C(=C)C.CC.CC.COC(C)(C)C(C)C. The number of hydrogen-bond acceptors (Lipinski definition) is 1. The first-order valence-corrected chi connectivity index (χ1v) is 16.2. The molecule has 3 aromatic rings. The maximum atomic E-state index is 5.20. The first-order valence-electron chi connectivity index (χ1n) is 16.2. The fraction of sp³-hybridized carbons (Fsp3) is 0.318. The van der Waals surface area contributed by atoms with E-state index in [4.69, 9.17) is 4.74 Å². The van der Waals surface area contributed by atoms with Crippen LogP contribution in [0.25, 0.3) is 16.7 Å². The first kappa shape index (κ1) is 43.2. The molecule has 1 nitrogen and oxygen atoms in total. The molecule has 0 amide bonds. The zero-order valence-corrected chi connectivity index (χ0v) is 30.6. The van der Waals surface area contributed by atoms with E-state index in [-0.39, 0.29) is 5.60 Å². The summed E-state index contributed by atoms with van der Waals surface area (Å²) in [6, 6.07) is 29.4. The van der Waals surface area contributed by atoms with Crippen LogP contribution in [0, 0.1) is 12.8 Å². The smallest absolute Gasteiger partial charge is 0.0645 e. The van der Waals surface area contributed by atoms with Crippen molar-refractivity contribution in [2.24, 2.45) is 5.92 Å². The zero-order valence-electron chi connectivity index (χ0n) is 30.6. The van der Waals surface area contributed by atoms with E-state index < -0.39 is 0 Å². The lowest BCUT2D eigenvalue weighted by atomic mass is 9.95. The van der Waals surface area contributed by atoms with Gasteiger partial charge >= 0.3 is 0 Å². The van der Waals surface area contributed by atoms with Gasteiger partial charge in [0.1, 0.15) is 0 Å². The molecule has 1 heteroatoms. The van der Waals surface area contributed by atoms with Crippen LogP contribution >= 0.6 is 0 Å². The first-order chi connectivity index (χ1) is 21.4. The summed E-state index contributed by atoms with van der Waals surface area (Å²) in [5, 5.41) is 0. The number of aryl methyl sites for hydroxylation is 1. The Hall–Kier alpha value is -3.94. The Balaban J connectivity index is 0. The van der Waals surface area contributed by atoms with Crippen LogP contribution in [-0.4, -0.2) is 12.7 Å². The Kier molecular flexibility index (Phi) is 24.4. The van der Waals surface area contributed by atoms with Crippen molar-refractivity contribution < 1.29 is 4.74 Å². The fourth-order valence-electron chi connectivity index (χ4n) is 3.36. The van der Waals surface area contributed by atoms with Crippen LogP contribution < -0.4 is 0 Å². The summed E-state index contributed by atoms with van der Waals surface area (Å²) in [6.45, 7) is 34.2. The molecule has 0 aliphatic heterocycles. The van der Waals surface area contributed by atoms with Crippen LogP contribution in [-0.2, 0) is 4.74 Å². The van der Waals surface area contributed by atoms with E-state index in [1.54, 1.807) is 13.2 Å². The van der Waals surface area contributed by atoms with E-state index >= 15 is 0 Å². The number of benzene rings is 3. The Bertz CT molecular complexity index is 1300. The Labute approximate surface area is 278 Å². The van der Waals surface area contributed by atoms with Crippen molar-refractivity contribution in [3.05, 3.63) is 163 Å². The Morgan fingerprint density at radius 3 is 1.53 bits per heavy atom. The van der Waals surface area contributed by atoms with Gasteiger partial charge in [0.05, 0.1) is 5.60 Å². The molecule has 3 rings (SSSR count). The van der Waals surface area contributed by atoms with Crippen LogP contribution in [0.3, 0.4) is 0 Å². The molecule has 0 atom stereocenters. The summed E-state index contributed by atoms with van der Waals surface area (Å²) in [5.74, 6) is 0.590. The zero-order chi connectivity index (χ0) is 34.8. The van der Waals surface area contributed by atoms with Crippen molar-refractivity contribution in [3.8, 4) is 0 Å². The summed E-state index contributed by atoms with van der Waals surface area (Å²) >= 11 is 0. The third kappa shape index (κ3) is 19.1. The molecule has 0 aliphatic carbocycles. The van der Waals surface area contributed by atoms with Gasteiger partial charge in [-0.05, 0) is 80.0 Å². The normalized spacial score (nSPS) is 11.0. The maximum Gasteiger partial charge on any atom is 0.0645 e. The number of hydrogen-bond donors (Lipinski definition) is 0. The molecule has 0 aromatic heterocycles. The van der Waals surface area contributed by atoms with Crippen molar-refractivity contribution in [1.29, 1.82) is 0 Å². The third-order valence-corrected chi connectivity index (χ3v) is 6.89. The molecule has 0 N–H and O–H groups in total. The lowest BCUT2D eigenvalue weighted by Gasteiger charge is -2.26. The molecular formula is C44H62O. The Morgan fingerprint density at radius 1 is 0.711 bits per heavy atom. The summed E-state index contributed by atoms with van der Waals surface area (Å²) in [5.41, 5.74) is 9.36. The van der Waals surface area contributed by atoms with Crippen LogP contribution in [0.5, 0.6) is 0 Å². The molecule has 45 heavy (non-hydrogen) atoms. The second-order valence-corrected chi connectivity index (χ2v) is 11.0. The third-order valence-electron chi connectivity index (χ3n) is 6.89. The van der Waals surface area contributed by atoms with E-state index in [1.807, 2.05) is 71.0 Å². The van der Waals surface area contributed by atoms with Crippen molar-refractivity contribution in [2.45, 2.75) is 81.8 Å². The molecule has 3 aromatic carbocycles. The number of ether oxygens (including phenoxy) is 1. The van der Waals surface area contributed by atoms with Gasteiger partial charge in [0.15, 0.2) is 0 Å². The van der Waals surface area contributed by atoms with E-state index in [0.717, 1.165) is 22.3 Å². The van der Waals surface area contributed by atoms with Gasteiger partial charge in [-0.1, -0.05) is 182 Å². The summed E-state index contributed by atoms with van der Waals surface area (Å²) in [7, 11) is 1.75. The second-order valence-electron chi connectivity index (χ2n) is 11.0. The van der Waals surface area contributed by atoms with Gasteiger partial charge in [0.25, 0.3) is 0 Å². The standard InChI is InChI=1S/C26H24.C7H16O.C7H10.2C2H6/c1-20-14-16-24(17-15-20)22(3)19-26(25-12-8-5-9-13-25)18-21(2)23-10-6-4-7-11-23;1-6(2)7(3,4)8-5;1-4-5-6-7(2)3;2*1-2/h4-19H,2H2,1,3H3;6H,1-5H3;4-6H,1-2H2,3H3;2*1-2H3/b22-19+,26-18+;;6-5-;;. The highest BCUT2D eigenvalue weighted by Crippen LogP contribution is 2.26. The second kappa shape index (κ2) is 25.4. The Morgan fingerprint density at radius 2 is 1.18 bits per heavy atom. The molecule has 0 bridgehead atoms. The molecule has 0 radical (unpaired) electrons. The maximum absolute atomic E-state index is 5.20. The molecule has 0 fully saturated rings. The van der Waals surface area contributed by atoms with Gasteiger partial charge < -0.3 is 4.74 Å². The topological polar surface area (TPSA) is 9.23 Å². The van der Waals surface area contributed by atoms with Crippen LogP contribution in [0.1, 0.15) is 91.5 Å². The van der Waals surface area contributed by atoms with E-state index in [0.29, 0.717) is 5.92 Å². The molecule has 0 saturated heterocycles. The average molecular weight is 607 g/mol. The minimum atomic E-state index is 0.0417. The lowest BCUT2D eigenvalue weighted by molar-refractivity contribution is -0.0157. The van der Waals surface area contributed by atoms with Crippen LogP contribution in [0.4, 0.5) is 0 Å². The highest BCUT2D eigenvalue weighted by atomic mass is 16.5. The molecular weight excluding hydrogens is 544 g/mol. The van der Waals surface area contributed by atoms with Gasteiger partial charge in [-0.25, -0.2) is 0 Å². The fourth-order valence-corrected chi connectivity index (χ4v) is 3.36. The van der Waals surface area contributed by atoms with Gasteiger partial charge in [-0.2, -0.15) is 0 Å². The van der Waals surface area contributed by atoms with Gasteiger partial charge in [-0.3, -0.25) is 0 Å². The van der Waals surface area contributed by atoms with Crippen molar-refractivity contribution in [2.75, 3.05) is 7.11 Å². The minimum absolute atomic E-state index is 0.0417. The predicted molar refractivity (Wildman–Crippen MR) is 207 cm³/mol. The lowest BCUT2D eigenvalue weighted by Crippen LogP contribution is -2.29. The average Bonchev–Trinajstić information content (AvgIpc) is 3.06. The van der Waals surface area contributed by atoms with E-state index in [2.05, 4.69) is 134 Å². The molecule has 0 spiro atoms. The van der Waals surface area contributed by atoms with Gasteiger partial charge in [0.2, 0.25) is 0 Å². The highest BCUT2D eigenvalue weighted by Gasteiger charge is 2.20. The highest BCUT2D eigenvalue weighted by molar-refractivity contribution is 5.90. The predicted octanol–water partition coefficient (Wildman–Crippen LogP) is 13.6. The summed E-state index contributed by atoms with van der Waals surface area (Å²) < 4.78 is 5.20. The van der Waals surface area contributed by atoms with Crippen LogP contribution in [0.2, 0.25) is 0 Å². The van der Waals surface area contributed by atoms with Gasteiger partial charge in [0, 0.05) is 7.11 Å².